The van der Waals surface area contributed by atoms with E-state index < -0.39 is 32.5 Å². The van der Waals surface area contributed by atoms with Gasteiger partial charge in [-0.2, -0.15) is 0 Å². The van der Waals surface area contributed by atoms with Gasteiger partial charge in [-0.25, -0.2) is 4.57 Å². The molecule has 0 saturated heterocycles. The fraction of sp³-hybridized carbons (Fsp3) is 0.707. The summed E-state index contributed by atoms with van der Waals surface area (Å²) >= 11 is 0. The molecule has 0 heterocycles. The van der Waals surface area contributed by atoms with Crippen molar-refractivity contribution in [1.82, 2.24) is 0 Å². The van der Waals surface area contributed by atoms with Gasteiger partial charge in [0.15, 0.2) is 6.10 Å². The number of ether oxygens (including phenoxy) is 2. The number of unbranched alkanes of at least 4 members (excludes halogenated alkanes) is 15. The number of rotatable bonds is 35. The van der Waals surface area contributed by atoms with E-state index in [1.54, 1.807) is 6.08 Å². The fourth-order valence-electron chi connectivity index (χ4n) is 5.09. The lowest BCUT2D eigenvalue weighted by molar-refractivity contribution is -0.160. The first-order valence-electron chi connectivity index (χ1n) is 19.5. The molecular formula is C41H71O8P. The van der Waals surface area contributed by atoms with Gasteiger partial charge >= 0.3 is 19.8 Å². The predicted octanol–water partition coefficient (Wildman–Crippen LogP) is 12.0. The van der Waals surface area contributed by atoms with Crippen LogP contribution in [0.25, 0.3) is 0 Å². The Morgan fingerprint density at radius 2 is 1.00 bits per heavy atom. The molecule has 8 nitrogen and oxygen atoms in total. The zero-order valence-corrected chi connectivity index (χ0v) is 32.7. The summed E-state index contributed by atoms with van der Waals surface area (Å²) in [5, 5.41) is 0. The third kappa shape index (κ3) is 35.6. The van der Waals surface area contributed by atoms with Crippen LogP contribution in [0.15, 0.2) is 60.8 Å². The molecule has 0 aliphatic heterocycles. The van der Waals surface area contributed by atoms with E-state index >= 15 is 0 Å². The van der Waals surface area contributed by atoms with Gasteiger partial charge in [-0.15, -0.1) is 0 Å². The summed E-state index contributed by atoms with van der Waals surface area (Å²) in [5.74, 6) is -0.952. The Morgan fingerprint density at radius 3 is 1.44 bits per heavy atom. The van der Waals surface area contributed by atoms with Crippen LogP contribution in [-0.4, -0.2) is 43.3 Å². The highest BCUT2D eigenvalue weighted by Crippen LogP contribution is 2.42. The van der Waals surface area contributed by atoms with E-state index in [-0.39, 0.29) is 19.4 Å². The Bertz CT molecular complexity index is 1000. The summed E-state index contributed by atoms with van der Waals surface area (Å²) in [6.07, 6.45) is 44.4. The van der Waals surface area contributed by atoms with Gasteiger partial charge in [0.25, 0.3) is 0 Å². The van der Waals surface area contributed by atoms with Gasteiger partial charge in [0, 0.05) is 13.5 Å². The zero-order valence-electron chi connectivity index (χ0n) is 31.8. The molecule has 1 N–H and O–H groups in total. The van der Waals surface area contributed by atoms with Crippen molar-refractivity contribution in [2.75, 3.05) is 20.3 Å². The summed E-state index contributed by atoms with van der Waals surface area (Å²) < 4.78 is 31.8. The van der Waals surface area contributed by atoms with Gasteiger partial charge < -0.3 is 14.4 Å². The number of phosphoric acid groups is 1. The lowest BCUT2D eigenvalue weighted by Gasteiger charge is -2.19. The third-order valence-electron chi connectivity index (χ3n) is 8.06. The molecule has 0 rings (SSSR count). The first-order valence-corrected chi connectivity index (χ1v) is 21.0. The molecule has 0 amide bonds. The van der Waals surface area contributed by atoms with Crippen LogP contribution < -0.4 is 0 Å². The molecule has 2 atom stereocenters. The number of hydrogen-bond donors (Lipinski definition) is 1. The van der Waals surface area contributed by atoms with Crippen molar-refractivity contribution in [3.63, 3.8) is 0 Å². The molecule has 0 aromatic heterocycles. The van der Waals surface area contributed by atoms with Gasteiger partial charge in [-0.1, -0.05) is 171 Å². The van der Waals surface area contributed by atoms with Crippen molar-refractivity contribution in [3.8, 4) is 0 Å². The number of esters is 2. The van der Waals surface area contributed by atoms with Crippen molar-refractivity contribution in [1.29, 1.82) is 0 Å². The highest BCUT2D eigenvalue weighted by Gasteiger charge is 2.24. The number of hydrogen-bond acceptors (Lipinski definition) is 7. The number of carbonyl (C=O) groups is 2. The Hall–Kier alpha value is -2.25. The number of phosphoric ester groups is 1. The monoisotopic (exact) mass is 722 g/mol. The molecule has 0 aliphatic rings. The summed E-state index contributed by atoms with van der Waals surface area (Å²) in [7, 11) is -3.24. The zero-order chi connectivity index (χ0) is 36.8. The quantitative estimate of drug-likeness (QED) is 0.0298. The Balaban J connectivity index is 4.16. The topological polar surface area (TPSA) is 108 Å². The second-order valence-corrected chi connectivity index (χ2v) is 14.3. The maximum Gasteiger partial charge on any atom is 0.472 e. The van der Waals surface area contributed by atoms with Gasteiger partial charge in [0.05, 0.1) is 13.0 Å². The molecule has 0 saturated carbocycles. The Labute approximate surface area is 305 Å². The standard InChI is InChI=1S/C41H71O8P/c1-4-6-8-10-12-14-16-18-20-22-23-25-27-29-31-33-35-40(42)47-37-39(38-48-50(44,45)46-3)49-41(43)36-34-32-30-28-26-24-21-19-17-15-13-11-9-7-5-2/h7,9,13,15,19,21,26,28,32,34,39H,4-6,8,10-12,14,16-18,20,22-25,27,29-31,33,35-38H2,1-3H3,(H,44,45)/b9-7-,15-13-,21-19-,28-26-,34-32-. The molecule has 0 aliphatic carbocycles. The smallest absolute Gasteiger partial charge is 0.462 e. The Morgan fingerprint density at radius 1 is 0.580 bits per heavy atom. The van der Waals surface area contributed by atoms with E-state index in [4.69, 9.17) is 14.0 Å². The summed E-state index contributed by atoms with van der Waals surface area (Å²) in [4.78, 5) is 34.3. The molecular weight excluding hydrogens is 651 g/mol. The predicted molar refractivity (Wildman–Crippen MR) is 207 cm³/mol. The van der Waals surface area contributed by atoms with Gasteiger partial charge in [-0.05, 0) is 38.5 Å². The highest BCUT2D eigenvalue weighted by atomic mass is 31.2. The van der Waals surface area contributed by atoms with Crippen LogP contribution in [0.1, 0.15) is 162 Å². The van der Waals surface area contributed by atoms with Crippen molar-refractivity contribution in [3.05, 3.63) is 60.8 Å². The van der Waals surface area contributed by atoms with Crippen molar-refractivity contribution < 1.29 is 37.6 Å². The van der Waals surface area contributed by atoms with Crippen LogP contribution >= 0.6 is 7.82 Å². The lowest BCUT2D eigenvalue weighted by Crippen LogP contribution is -2.29. The lowest BCUT2D eigenvalue weighted by atomic mass is 10.0. The van der Waals surface area contributed by atoms with Gasteiger partial charge in [-0.3, -0.25) is 18.6 Å². The SMILES string of the molecule is CC/C=C\C/C=C\C/C=C\C/C=C\C/C=C\CC(=O)OC(COC(=O)CCCCCCCCCCCCCCCCCC)COP(=O)(O)OC. The van der Waals surface area contributed by atoms with E-state index in [0.717, 1.165) is 52.1 Å². The first kappa shape index (κ1) is 47.8. The largest absolute Gasteiger partial charge is 0.472 e. The minimum atomic E-state index is -4.28. The average molecular weight is 723 g/mol. The van der Waals surface area contributed by atoms with E-state index in [1.165, 1.54) is 83.5 Å². The van der Waals surface area contributed by atoms with Crippen LogP contribution in [0.2, 0.25) is 0 Å². The van der Waals surface area contributed by atoms with Crippen molar-refractivity contribution in [2.24, 2.45) is 0 Å². The fourth-order valence-corrected chi connectivity index (χ4v) is 5.55. The molecule has 50 heavy (non-hydrogen) atoms. The highest BCUT2D eigenvalue weighted by molar-refractivity contribution is 7.47. The maximum absolute atomic E-state index is 12.4. The van der Waals surface area contributed by atoms with Crippen LogP contribution in [0.5, 0.6) is 0 Å². The van der Waals surface area contributed by atoms with Gasteiger partial charge in [0.2, 0.25) is 0 Å². The minimum absolute atomic E-state index is 0.0121. The molecule has 0 aromatic rings. The van der Waals surface area contributed by atoms with E-state index in [9.17, 15) is 19.0 Å². The second-order valence-electron chi connectivity index (χ2n) is 12.7. The number of allylic oxidation sites excluding steroid dienone is 9. The minimum Gasteiger partial charge on any atom is -0.462 e. The molecule has 0 radical (unpaired) electrons. The van der Waals surface area contributed by atoms with Crippen molar-refractivity contribution >= 4 is 19.8 Å². The van der Waals surface area contributed by atoms with E-state index in [2.05, 4.69) is 60.9 Å². The molecule has 0 bridgehead atoms. The van der Waals surface area contributed by atoms with E-state index in [0.29, 0.717) is 6.42 Å². The normalized spacial score (nSPS) is 14.1. The maximum atomic E-state index is 12.4. The molecule has 0 spiro atoms. The molecule has 2 unspecified atom stereocenters. The average Bonchev–Trinajstić information content (AvgIpc) is 3.10. The Kier molecular flexibility index (Phi) is 34.9. The second kappa shape index (κ2) is 36.5. The van der Waals surface area contributed by atoms with Gasteiger partial charge in [0.1, 0.15) is 6.61 Å². The summed E-state index contributed by atoms with van der Waals surface area (Å²) in [6.45, 7) is 3.68. The molecule has 288 valence electrons. The first-order chi connectivity index (χ1) is 24.3. The van der Waals surface area contributed by atoms with Crippen LogP contribution in [0.4, 0.5) is 0 Å². The van der Waals surface area contributed by atoms with Crippen molar-refractivity contribution in [2.45, 2.75) is 168 Å². The van der Waals surface area contributed by atoms with E-state index in [1.807, 2.05) is 12.2 Å². The molecule has 0 aromatic carbocycles. The van der Waals surface area contributed by atoms with Crippen LogP contribution in [0.3, 0.4) is 0 Å². The number of carbonyl (C=O) groups excluding carboxylic acids is 2. The summed E-state index contributed by atoms with van der Waals surface area (Å²) in [6, 6.07) is 0. The molecule has 0 fully saturated rings. The summed E-state index contributed by atoms with van der Waals surface area (Å²) in [5.41, 5.74) is 0. The van der Waals surface area contributed by atoms with Crippen LogP contribution in [-0.2, 0) is 32.7 Å². The molecule has 9 heteroatoms. The van der Waals surface area contributed by atoms with Crippen LogP contribution in [0, 0.1) is 0 Å². The third-order valence-corrected chi connectivity index (χ3v) is 9.00.